The van der Waals surface area contributed by atoms with Gasteiger partial charge in [-0.3, -0.25) is 9.78 Å². The first-order valence-electron chi connectivity index (χ1n) is 6.48. The SMILES string of the molecule is CCNc1ccnc(C(=O)Nc2cc(Cl)c(C)cc2Cl)c1. The van der Waals surface area contributed by atoms with Gasteiger partial charge in [-0.2, -0.15) is 0 Å². The molecule has 0 unspecified atom stereocenters. The predicted octanol–water partition coefficient (Wildman–Crippen LogP) is 4.38. The lowest BCUT2D eigenvalue weighted by molar-refractivity contribution is 0.102. The molecule has 0 fully saturated rings. The molecule has 0 aliphatic rings. The lowest BCUT2D eigenvalue weighted by atomic mass is 10.2. The van der Waals surface area contributed by atoms with Crippen molar-refractivity contribution in [1.82, 2.24) is 4.98 Å². The van der Waals surface area contributed by atoms with Crippen LogP contribution in [0, 0.1) is 6.92 Å². The largest absolute Gasteiger partial charge is 0.385 e. The minimum Gasteiger partial charge on any atom is -0.385 e. The summed E-state index contributed by atoms with van der Waals surface area (Å²) < 4.78 is 0. The Balaban J connectivity index is 2.22. The second kappa shape index (κ2) is 6.78. The lowest BCUT2D eigenvalue weighted by Crippen LogP contribution is -2.14. The molecule has 1 heterocycles. The van der Waals surface area contributed by atoms with E-state index in [1.54, 1.807) is 30.5 Å². The maximum absolute atomic E-state index is 12.2. The van der Waals surface area contributed by atoms with Crippen molar-refractivity contribution in [2.75, 3.05) is 17.2 Å². The molecule has 1 aromatic heterocycles. The molecule has 2 rings (SSSR count). The number of hydrogen-bond donors (Lipinski definition) is 2. The summed E-state index contributed by atoms with van der Waals surface area (Å²) in [6, 6.07) is 6.83. The fourth-order valence-electron chi connectivity index (χ4n) is 1.80. The standard InChI is InChI=1S/C15H15Cl2N3O/c1-3-18-10-4-5-19-14(7-10)15(21)20-13-8-11(16)9(2)6-12(13)17/h4-8H,3H2,1-2H3,(H,18,19)(H,20,21). The van der Waals surface area contributed by atoms with Crippen LogP contribution < -0.4 is 10.6 Å². The lowest BCUT2D eigenvalue weighted by Gasteiger charge is -2.10. The fraction of sp³-hybridized carbons (Fsp3) is 0.200. The summed E-state index contributed by atoms with van der Waals surface area (Å²) in [5.74, 6) is -0.337. The monoisotopic (exact) mass is 323 g/mol. The maximum atomic E-state index is 12.2. The number of amides is 1. The minimum atomic E-state index is -0.337. The average molecular weight is 324 g/mol. The number of halogens is 2. The number of nitrogens with one attached hydrogen (secondary N) is 2. The van der Waals surface area contributed by atoms with Crippen LogP contribution in [0.1, 0.15) is 23.0 Å². The number of pyridine rings is 1. The Morgan fingerprint density at radius 2 is 2.00 bits per heavy atom. The van der Waals surface area contributed by atoms with Gasteiger partial charge in [0.25, 0.3) is 5.91 Å². The van der Waals surface area contributed by atoms with E-state index >= 15 is 0 Å². The number of aryl methyl sites for hydroxylation is 1. The molecule has 0 radical (unpaired) electrons. The molecular formula is C15H15Cl2N3O. The van der Waals surface area contributed by atoms with Crippen LogP contribution in [0.3, 0.4) is 0 Å². The Bertz CT molecular complexity index is 674. The number of aromatic nitrogens is 1. The van der Waals surface area contributed by atoms with E-state index in [1.807, 2.05) is 13.8 Å². The van der Waals surface area contributed by atoms with Crippen molar-refractivity contribution >= 4 is 40.5 Å². The first kappa shape index (κ1) is 15.6. The van der Waals surface area contributed by atoms with Gasteiger partial charge < -0.3 is 10.6 Å². The molecular weight excluding hydrogens is 309 g/mol. The van der Waals surface area contributed by atoms with Gasteiger partial charge in [-0.25, -0.2) is 0 Å². The van der Waals surface area contributed by atoms with Crippen molar-refractivity contribution < 1.29 is 4.79 Å². The Kier molecular flexibility index (Phi) is 5.04. The van der Waals surface area contributed by atoms with Gasteiger partial charge in [-0.15, -0.1) is 0 Å². The van der Waals surface area contributed by atoms with Crippen LogP contribution in [-0.2, 0) is 0 Å². The molecule has 1 aromatic carbocycles. The highest BCUT2D eigenvalue weighted by Gasteiger charge is 2.12. The van der Waals surface area contributed by atoms with E-state index in [0.717, 1.165) is 17.8 Å². The summed E-state index contributed by atoms with van der Waals surface area (Å²) in [4.78, 5) is 16.3. The molecule has 6 heteroatoms. The van der Waals surface area contributed by atoms with E-state index in [9.17, 15) is 4.79 Å². The number of benzene rings is 1. The highest BCUT2D eigenvalue weighted by Crippen LogP contribution is 2.29. The topological polar surface area (TPSA) is 54.0 Å². The second-order valence-corrected chi connectivity index (χ2v) is 5.31. The van der Waals surface area contributed by atoms with E-state index < -0.39 is 0 Å². The van der Waals surface area contributed by atoms with Gasteiger partial charge in [0, 0.05) is 23.5 Å². The molecule has 0 spiro atoms. The molecule has 0 aliphatic heterocycles. The van der Waals surface area contributed by atoms with Gasteiger partial charge in [-0.05, 0) is 43.7 Å². The third-order valence-corrected chi connectivity index (χ3v) is 3.59. The molecule has 1 amide bonds. The first-order chi connectivity index (χ1) is 10.0. The molecule has 0 atom stereocenters. The highest BCUT2D eigenvalue weighted by atomic mass is 35.5. The Hall–Kier alpha value is -1.78. The molecule has 0 saturated carbocycles. The van der Waals surface area contributed by atoms with Crippen LogP contribution in [0.2, 0.25) is 10.0 Å². The van der Waals surface area contributed by atoms with Crippen LogP contribution >= 0.6 is 23.2 Å². The summed E-state index contributed by atoms with van der Waals surface area (Å²) in [7, 11) is 0. The summed E-state index contributed by atoms with van der Waals surface area (Å²) >= 11 is 12.2. The third-order valence-electron chi connectivity index (χ3n) is 2.87. The fourth-order valence-corrected chi connectivity index (χ4v) is 2.23. The summed E-state index contributed by atoms with van der Waals surface area (Å²) in [6.07, 6.45) is 1.58. The predicted molar refractivity (Wildman–Crippen MR) is 87.6 cm³/mol. The number of carbonyl (C=O) groups is 1. The quantitative estimate of drug-likeness (QED) is 0.877. The summed E-state index contributed by atoms with van der Waals surface area (Å²) in [5.41, 5.74) is 2.46. The minimum absolute atomic E-state index is 0.307. The van der Waals surface area contributed by atoms with Crippen LogP contribution in [0.15, 0.2) is 30.5 Å². The van der Waals surface area contributed by atoms with Crippen LogP contribution in [-0.4, -0.2) is 17.4 Å². The second-order valence-electron chi connectivity index (χ2n) is 4.50. The van der Waals surface area contributed by atoms with Gasteiger partial charge in [0.05, 0.1) is 10.7 Å². The first-order valence-corrected chi connectivity index (χ1v) is 7.23. The summed E-state index contributed by atoms with van der Waals surface area (Å²) in [5, 5.41) is 6.83. The number of carbonyl (C=O) groups excluding carboxylic acids is 1. The molecule has 2 N–H and O–H groups in total. The van der Waals surface area contributed by atoms with Crippen molar-refractivity contribution in [2.24, 2.45) is 0 Å². The van der Waals surface area contributed by atoms with Crippen molar-refractivity contribution in [3.05, 3.63) is 51.8 Å². The number of nitrogens with zero attached hydrogens (tertiary/aromatic N) is 1. The summed E-state index contributed by atoms with van der Waals surface area (Å²) in [6.45, 7) is 4.60. The number of anilines is 2. The van der Waals surface area contributed by atoms with E-state index in [0.29, 0.717) is 21.4 Å². The third kappa shape index (κ3) is 3.86. The zero-order chi connectivity index (χ0) is 15.4. The number of rotatable bonds is 4. The number of hydrogen-bond acceptors (Lipinski definition) is 3. The van der Waals surface area contributed by atoms with Gasteiger partial charge >= 0.3 is 0 Å². The van der Waals surface area contributed by atoms with Crippen molar-refractivity contribution in [3.63, 3.8) is 0 Å². The van der Waals surface area contributed by atoms with Gasteiger partial charge in [0.15, 0.2) is 0 Å². The van der Waals surface area contributed by atoms with Crippen molar-refractivity contribution in [3.8, 4) is 0 Å². The zero-order valence-corrected chi connectivity index (χ0v) is 13.2. The van der Waals surface area contributed by atoms with E-state index in [-0.39, 0.29) is 5.91 Å². The van der Waals surface area contributed by atoms with Crippen LogP contribution in [0.25, 0.3) is 0 Å². The van der Waals surface area contributed by atoms with Crippen molar-refractivity contribution in [2.45, 2.75) is 13.8 Å². The van der Waals surface area contributed by atoms with Gasteiger partial charge in [-0.1, -0.05) is 23.2 Å². The molecule has 0 bridgehead atoms. The molecule has 21 heavy (non-hydrogen) atoms. The van der Waals surface area contributed by atoms with E-state index in [2.05, 4.69) is 15.6 Å². The van der Waals surface area contributed by atoms with Crippen LogP contribution in [0.5, 0.6) is 0 Å². The Labute approximate surface area is 133 Å². The average Bonchev–Trinajstić information content (AvgIpc) is 2.45. The van der Waals surface area contributed by atoms with Crippen molar-refractivity contribution in [1.29, 1.82) is 0 Å². The molecule has 0 saturated heterocycles. The molecule has 2 aromatic rings. The van der Waals surface area contributed by atoms with E-state index in [4.69, 9.17) is 23.2 Å². The van der Waals surface area contributed by atoms with Gasteiger partial charge in [0.1, 0.15) is 5.69 Å². The Morgan fingerprint density at radius 3 is 2.71 bits per heavy atom. The normalized spacial score (nSPS) is 10.3. The maximum Gasteiger partial charge on any atom is 0.274 e. The molecule has 0 aliphatic carbocycles. The highest BCUT2D eigenvalue weighted by molar-refractivity contribution is 6.36. The molecule has 110 valence electrons. The Morgan fingerprint density at radius 1 is 1.24 bits per heavy atom. The smallest absolute Gasteiger partial charge is 0.274 e. The molecule has 4 nitrogen and oxygen atoms in total. The van der Waals surface area contributed by atoms with E-state index in [1.165, 1.54) is 0 Å². The van der Waals surface area contributed by atoms with Crippen LogP contribution in [0.4, 0.5) is 11.4 Å². The van der Waals surface area contributed by atoms with Gasteiger partial charge in [0.2, 0.25) is 0 Å². The zero-order valence-electron chi connectivity index (χ0n) is 11.7.